The van der Waals surface area contributed by atoms with Crippen molar-refractivity contribution in [2.75, 3.05) is 5.32 Å². The zero-order valence-electron chi connectivity index (χ0n) is 13.1. The van der Waals surface area contributed by atoms with E-state index >= 15 is 0 Å². The predicted octanol–water partition coefficient (Wildman–Crippen LogP) is 4.41. The number of hydrogen-bond acceptors (Lipinski definition) is 3. The van der Waals surface area contributed by atoms with Crippen LogP contribution < -0.4 is 5.32 Å². The lowest BCUT2D eigenvalue weighted by Crippen LogP contribution is -2.57. The van der Waals surface area contributed by atoms with E-state index in [-0.39, 0.29) is 21.6 Å². The molecule has 1 N–H and O–H groups in total. The summed E-state index contributed by atoms with van der Waals surface area (Å²) >= 11 is 3.85. The van der Waals surface area contributed by atoms with Crippen LogP contribution in [-0.2, 0) is 4.79 Å². The van der Waals surface area contributed by atoms with E-state index in [9.17, 15) is 19.3 Å². The summed E-state index contributed by atoms with van der Waals surface area (Å²) in [4.78, 5) is 23.3. The third-order valence-corrected chi connectivity index (χ3v) is 6.81. The Morgan fingerprint density at radius 3 is 2.54 bits per heavy atom. The Balaban J connectivity index is 1.61. The minimum absolute atomic E-state index is 0.0235. The average molecular weight is 397 g/mol. The van der Waals surface area contributed by atoms with E-state index in [0.29, 0.717) is 11.8 Å². The van der Waals surface area contributed by atoms with Crippen LogP contribution in [0.2, 0.25) is 0 Å². The van der Waals surface area contributed by atoms with Crippen LogP contribution in [0.3, 0.4) is 0 Å². The molecular formula is C17H18BrFN2O3. The van der Waals surface area contributed by atoms with Gasteiger partial charge in [0.05, 0.1) is 16.0 Å². The molecule has 0 spiro atoms. The van der Waals surface area contributed by atoms with E-state index in [0.717, 1.165) is 50.3 Å². The van der Waals surface area contributed by atoms with Crippen molar-refractivity contribution in [2.45, 2.75) is 42.8 Å². The van der Waals surface area contributed by atoms with Crippen LogP contribution in [0.15, 0.2) is 18.2 Å². The van der Waals surface area contributed by atoms with Crippen LogP contribution in [0.25, 0.3) is 0 Å². The minimum Gasteiger partial charge on any atom is -0.323 e. The Labute approximate surface area is 147 Å². The van der Waals surface area contributed by atoms with Gasteiger partial charge in [0.15, 0.2) is 0 Å². The SMILES string of the molecule is O=C(Nc1cc([N+](=O)[O-])ccc1F)C12CC3CC(CC(Br)(C3)C1)C2. The minimum atomic E-state index is -0.646. The van der Waals surface area contributed by atoms with Gasteiger partial charge in [-0.2, -0.15) is 0 Å². The molecule has 4 aliphatic carbocycles. The van der Waals surface area contributed by atoms with Crippen LogP contribution in [0.5, 0.6) is 0 Å². The highest BCUT2D eigenvalue weighted by atomic mass is 79.9. The number of carbonyl (C=O) groups is 1. The molecule has 4 bridgehead atoms. The lowest BCUT2D eigenvalue weighted by molar-refractivity contribution is -0.384. The van der Waals surface area contributed by atoms with Gasteiger partial charge in [-0.3, -0.25) is 14.9 Å². The van der Waals surface area contributed by atoms with Crippen molar-refractivity contribution < 1.29 is 14.1 Å². The number of alkyl halides is 1. The molecule has 1 aromatic carbocycles. The molecule has 0 saturated heterocycles. The van der Waals surface area contributed by atoms with Gasteiger partial charge in [-0.05, 0) is 56.4 Å². The first-order chi connectivity index (χ1) is 11.3. The van der Waals surface area contributed by atoms with Crippen LogP contribution in [0, 0.1) is 33.2 Å². The smallest absolute Gasteiger partial charge is 0.271 e. The molecule has 2 atom stereocenters. The first-order valence-corrected chi connectivity index (χ1v) is 9.02. The fourth-order valence-electron chi connectivity index (χ4n) is 5.39. The van der Waals surface area contributed by atoms with Crippen LogP contribution in [0.4, 0.5) is 15.8 Å². The predicted molar refractivity (Wildman–Crippen MR) is 90.5 cm³/mol. The van der Waals surface area contributed by atoms with Gasteiger partial charge in [0, 0.05) is 16.5 Å². The Kier molecular flexibility index (Phi) is 3.50. The standard InChI is InChI=1S/C17H18BrFN2O3/c18-17-7-10-3-11(8-17)6-16(5-10,9-17)15(22)20-14-4-12(21(23)24)1-2-13(14)19/h1-2,4,10-11H,3,5-9H2,(H,20,22). The van der Waals surface area contributed by atoms with Crippen molar-refractivity contribution in [2.24, 2.45) is 17.3 Å². The number of halogens is 2. The Bertz CT molecular complexity index is 725. The molecule has 5 rings (SSSR count). The first-order valence-electron chi connectivity index (χ1n) is 8.23. The number of non-ortho nitro benzene ring substituents is 1. The zero-order chi connectivity index (χ0) is 17.1. The summed E-state index contributed by atoms with van der Waals surface area (Å²) in [5.41, 5.74) is -0.812. The third kappa shape index (κ3) is 2.53. The van der Waals surface area contributed by atoms with Crippen LogP contribution >= 0.6 is 15.9 Å². The third-order valence-electron chi connectivity index (χ3n) is 5.88. The topological polar surface area (TPSA) is 72.2 Å². The van der Waals surface area contributed by atoms with Gasteiger partial charge in [0.2, 0.25) is 5.91 Å². The Morgan fingerprint density at radius 1 is 1.29 bits per heavy atom. The molecule has 0 aromatic heterocycles. The summed E-state index contributed by atoms with van der Waals surface area (Å²) in [5, 5.41) is 13.5. The van der Waals surface area contributed by atoms with Crippen molar-refractivity contribution in [3.8, 4) is 0 Å². The van der Waals surface area contributed by atoms with Crippen LogP contribution in [-0.4, -0.2) is 15.2 Å². The van der Waals surface area contributed by atoms with Crippen molar-refractivity contribution in [3.05, 3.63) is 34.1 Å². The van der Waals surface area contributed by atoms with Crippen molar-refractivity contribution in [1.29, 1.82) is 0 Å². The Morgan fingerprint density at radius 2 is 1.96 bits per heavy atom. The van der Waals surface area contributed by atoms with E-state index in [4.69, 9.17) is 0 Å². The van der Waals surface area contributed by atoms with Gasteiger partial charge in [-0.15, -0.1) is 0 Å². The average Bonchev–Trinajstić information content (AvgIpc) is 2.46. The largest absolute Gasteiger partial charge is 0.323 e. The second kappa shape index (κ2) is 5.25. The highest BCUT2D eigenvalue weighted by Gasteiger charge is 2.59. The van der Waals surface area contributed by atoms with Gasteiger partial charge >= 0.3 is 0 Å². The van der Waals surface area contributed by atoms with Gasteiger partial charge in [-0.25, -0.2) is 4.39 Å². The molecule has 0 radical (unpaired) electrons. The molecule has 4 fully saturated rings. The lowest BCUT2D eigenvalue weighted by atomic mass is 9.49. The first kappa shape index (κ1) is 16.0. The molecule has 4 aliphatic rings. The molecule has 4 saturated carbocycles. The fourth-order valence-corrected chi connectivity index (χ4v) is 6.85. The quantitative estimate of drug-likeness (QED) is 0.467. The molecule has 7 heteroatoms. The monoisotopic (exact) mass is 396 g/mol. The van der Waals surface area contributed by atoms with E-state index < -0.39 is 16.2 Å². The van der Waals surface area contributed by atoms with Gasteiger partial charge < -0.3 is 5.32 Å². The second-order valence-corrected chi connectivity index (χ2v) is 9.45. The molecule has 1 amide bonds. The van der Waals surface area contributed by atoms with E-state index in [1.165, 1.54) is 6.42 Å². The maximum Gasteiger partial charge on any atom is 0.271 e. The number of anilines is 1. The van der Waals surface area contributed by atoms with Crippen molar-refractivity contribution in [3.63, 3.8) is 0 Å². The molecule has 128 valence electrons. The van der Waals surface area contributed by atoms with E-state index in [1.54, 1.807) is 0 Å². The van der Waals surface area contributed by atoms with Gasteiger partial charge in [-0.1, -0.05) is 15.9 Å². The summed E-state index contributed by atoms with van der Waals surface area (Å²) < 4.78 is 14.0. The summed E-state index contributed by atoms with van der Waals surface area (Å²) in [6, 6.07) is 3.22. The molecular weight excluding hydrogens is 379 g/mol. The summed E-state index contributed by atoms with van der Waals surface area (Å²) in [7, 11) is 0. The molecule has 24 heavy (non-hydrogen) atoms. The summed E-state index contributed by atoms with van der Waals surface area (Å²) in [6.45, 7) is 0. The lowest BCUT2D eigenvalue weighted by Gasteiger charge is -2.59. The van der Waals surface area contributed by atoms with Gasteiger partial charge in [0.25, 0.3) is 5.69 Å². The summed E-state index contributed by atoms with van der Waals surface area (Å²) in [6.07, 6.45) is 5.80. The zero-order valence-corrected chi connectivity index (χ0v) is 14.6. The fraction of sp³-hybridized carbons (Fsp3) is 0.588. The maximum atomic E-state index is 14.0. The second-order valence-electron chi connectivity index (χ2n) is 7.77. The number of rotatable bonds is 3. The summed E-state index contributed by atoms with van der Waals surface area (Å²) in [5.74, 6) is 0.227. The normalized spacial score (nSPS) is 36.6. The van der Waals surface area contributed by atoms with E-state index in [2.05, 4.69) is 21.2 Å². The van der Waals surface area contributed by atoms with E-state index in [1.807, 2.05) is 0 Å². The number of benzene rings is 1. The molecule has 0 heterocycles. The van der Waals surface area contributed by atoms with Crippen molar-refractivity contribution >= 4 is 33.2 Å². The highest BCUT2D eigenvalue weighted by Crippen LogP contribution is 2.64. The molecule has 1 aromatic rings. The number of nitro benzene ring substituents is 1. The number of nitrogens with zero attached hydrogens (tertiary/aromatic N) is 1. The number of hydrogen-bond donors (Lipinski definition) is 1. The Hall–Kier alpha value is -1.50. The number of carbonyl (C=O) groups excluding carboxylic acids is 1. The van der Waals surface area contributed by atoms with Crippen molar-refractivity contribution in [1.82, 2.24) is 0 Å². The maximum absolute atomic E-state index is 14.0. The molecule has 2 unspecified atom stereocenters. The molecule has 5 nitrogen and oxygen atoms in total. The highest BCUT2D eigenvalue weighted by molar-refractivity contribution is 9.10. The molecule has 0 aliphatic heterocycles. The van der Waals surface area contributed by atoms with Crippen LogP contribution in [0.1, 0.15) is 38.5 Å². The number of nitro groups is 1. The number of amides is 1. The number of nitrogens with one attached hydrogen (secondary N) is 1. The van der Waals surface area contributed by atoms with Gasteiger partial charge in [0.1, 0.15) is 5.82 Å².